The van der Waals surface area contributed by atoms with Crippen molar-refractivity contribution in [1.29, 1.82) is 0 Å². The highest BCUT2D eigenvalue weighted by Gasteiger charge is 2.66. The number of nitrogen functional groups attached to an aromatic ring is 1. The Kier molecular flexibility index (Phi) is 2.50. The summed E-state index contributed by atoms with van der Waals surface area (Å²) in [6, 6.07) is 3.44. The van der Waals surface area contributed by atoms with Gasteiger partial charge < -0.3 is 5.73 Å². The van der Waals surface area contributed by atoms with E-state index in [1.54, 1.807) is 0 Å². The zero-order chi connectivity index (χ0) is 14.5. The van der Waals surface area contributed by atoms with Crippen molar-refractivity contribution < 1.29 is 17.6 Å². The fourth-order valence-electron chi connectivity index (χ4n) is 2.13. The highest BCUT2D eigenvalue weighted by atomic mass is 19.4. The van der Waals surface area contributed by atoms with E-state index in [9.17, 15) is 17.6 Å². The van der Waals surface area contributed by atoms with Crippen molar-refractivity contribution in [2.45, 2.75) is 24.6 Å². The van der Waals surface area contributed by atoms with Gasteiger partial charge in [0.25, 0.3) is 0 Å². The van der Waals surface area contributed by atoms with Crippen LogP contribution in [0.1, 0.15) is 12.8 Å². The van der Waals surface area contributed by atoms with E-state index < -0.39 is 17.5 Å². The molecule has 0 radical (unpaired) electrons. The predicted molar refractivity (Wildman–Crippen MR) is 60.9 cm³/mol. The van der Waals surface area contributed by atoms with Gasteiger partial charge in [0, 0.05) is 11.3 Å². The second-order valence-corrected chi connectivity index (χ2v) is 4.72. The summed E-state index contributed by atoms with van der Waals surface area (Å²) in [5.74, 6) is -0.808. The molecule has 2 N–H and O–H groups in total. The minimum absolute atomic E-state index is 0.0893. The number of hydrogen-bond donors (Lipinski definition) is 1. The molecule has 0 spiro atoms. The minimum Gasteiger partial charge on any atom is -0.399 e. The van der Waals surface area contributed by atoms with Crippen LogP contribution in [0, 0.1) is 5.82 Å². The molecule has 20 heavy (non-hydrogen) atoms. The number of nitrogens with two attached hydrogens (primary N) is 1. The van der Waals surface area contributed by atoms with Gasteiger partial charge in [0.1, 0.15) is 5.82 Å². The first kappa shape index (κ1) is 12.8. The summed E-state index contributed by atoms with van der Waals surface area (Å²) < 4.78 is 53.3. The van der Waals surface area contributed by atoms with Crippen LogP contribution in [0.5, 0.6) is 0 Å². The first-order chi connectivity index (χ1) is 9.33. The van der Waals surface area contributed by atoms with Gasteiger partial charge in [-0.2, -0.15) is 13.2 Å². The number of halogens is 4. The van der Waals surface area contributed by atoms with E-state index in [1.807, 2.05) is 0 Å². The average molecular weight is 287 g/mol. The van der Waals surface area contributed by atoms with Crippen molar-refractivity contribution in [1.82, 2.24) is 20.2 Å². The van der Waals surface area contributed by atoms with Crippen LogP contribution < -0.4 is 5.73 Å². The van der Waals surface area contributed by atoms with E-state index in [1.165, 1.54) is 6.07 Å². The summed E-state index contributed by atoms with van der Waals surface area (Å²) in [5.41, 5.74) is 3.60. The normalized spacial score (nSPS) is 17.2. The summed E-state index contributed by atoms with van der Waals surface area (Å²) in [5, 5.41) is 10.3. The molecule has 0 aliphatic heterocycles. The Balaban J connectivity index is 2.12. The number of anilines is 1. The molecule has 2 aromatic rings. The maximum absolute atomic E-state index is 13.3. The van der Waals surface area contributed by atoms with E-state index in [-0.39, 0.29) is 29.9 Å². The number of rotatable bonds is 2. The van der Waals surface area contributed by atoms with E-state index in [0.717, 1.165) is 12.1 Å². The lowest BCUT2D eigenvalue weighted by molar-refractivity contribution is -0.182. The molecule has 3 rings (SSSR count). The van der Waals surface area contributed by atoms with Crippen LogP contribution in [0.4, 0.5) is 23.2 Å². The van der Waals surface area contributed by atoms with Gasteiger partial charge in [-0.15, -0.1) is 5.10 Å². The molecule has 1 aromatic carbocycles. The number of nitrogens with zero attached hydrogens (tertiary/aromatic N) is 4. The summed E-state index contributed by atoms with van der Waals surface area (Å²) in [4.78, 5) is 0. The van der Waals surface area contributed by atoms with E-state index >= 15 is 0 Å². The highest BCUT2D eigenvalue weighted by Crippen LogP contribution is 2.55. The highest BCUT2D eigenvalue weighted by molar-refractivity contribution is 5.61. The first-order valence-corrected chi connectivity index (χ1v) is 5.75. The smallest absolute Gasteiger partial charge is 0.399 e. The SMILES string of the molecule is Nc1cc(F)cc(-c2nnnn2C2(C(F)(F)F)CC2)c1. The number of benzene rings is 1. The predicted octanol–water partition coefficient (Wildman–Crippen LogP) is 2.11. The lowest BCUT2D eigenvalue weighted by Gasteiger charge is -2.20. The molecule has 0 amide bonds. The van der Waals surface area contributed by atoms with E-state index in [4.69, 9.17) is 5.73 Å². The Labute approximate surface area is 110 Å². The fraction of sp³-hybridized carbons (Fsp3) is 0.364. The Hall–Kier alpha value is -2.19. The Morgan fingerprint density at radius 3 is 2.45 bits per heavy atom. The fourth-order valence-corrected chi connectivity index (χ4v) is 2.13. The standard InChI is InChI=1S/C11H9F4N5/c12-7-3-6(4-8(16)5-7)9-17-18-19-20(9)10(1-2-10)11(13,14)15/h3-5H,1-2,16H2. The molecule has 1 saturated carbocycles. The van der Waals surface area contributed by atoms with Gasteiger partial charge in [0.05, 0.1) is 0 Å². The van der Waals surface area contributed by atoms with E-state index in [0.29, 0.717) is 4.68 Å². The molecule has 1 heterocycles. The van der Waals surface area contributed by atoms with Gasteiger partial charge in [-0.3, -0.25) is 0 Å². The summed E-state index contributed by atoms with van der Waals surface area (Å²) in [6.07, 6.45) is -4.66. The minimum atomic E-state index is -4.46. The topological polar surface area (TPSA) is 69.6 Å². The van der Waals surface area contributed by atoms with Gasteiger partial charge in [0.2, 0.25) is 0 Å². The lowest BCUT2D eigenvalue weighted by atomic mass is 10.1. The van der Waals surface area contributed by atoms with Crippen molar-refractivity contribution in [3.05, 3.63) is 24.0 Å². The van der Waals surface area contributed by atoms with Crippen molar-refractivity contribution in [3.8, 4) is 11.4 Å². The van der Waals surface area contributed by atoms with Crippen molar-refractivity contribution in [2.75, 3.05) is 5.73 Å². The third-order valence-electron chi connectivity index (χ3n) is 3.30. The molecule has 0 atom stereocenters. The lowest BCUT2D eigenvalue weighted by Crippen LogP contribution is -2.36. The average Bonchev–Trinajstić information content (AvgIpc) is 2.99. The molecule has 1 fully saturated rings. The molecule has 0 unspecified atom stereocenters. The molecule has 1 aliphatic rings. The molecule has 1 aliphatic carbocycles. The van der Waals surface area contributed by atoms with Gasteiger partial charge in [-0.25, -0.2) is 9.07 Å². The maximum atomic E-state index is 13.3. The quantitative estimate of drug-likeness (QED) is 0.678. The summed E-state index contributed by atoms with van der Waals surface area (Å²) in [7, 11) is 0. The Morgan fingerprint density at radius 1 is 1.20 bits per heavy atom. The molecule has 9 heteroatoms. The number of tetrazole rings is 1. The van der Waals surface area contributed by atoms with Crippen LogP contribution in [-0.4, -0.2) is 26.4 Å². The molecule has 1 aromatic heterocycles. The van der Waals surface area contributed by atoms with Gasteiger partial charge in [-0.1, -0.05) is 0 Å². The number of aromatic nitrogens is 4. The van der Waals surface area contributed by atoms with Crippen LogP contribution in [0.2, 0.25) is 0 Å². The van der Waals surface area contributed by atoms with Gasteiger partial charge in [-0.05, 0) is 41.5 Å². The van der Waals surface area contributed by atoms with Crippen LogP contribution >= 0.6 is 0 Å². The van der Waals surface area contributed by atoms with Crippen LogP contribution in [-0.2, 0) is 5.54 Å². The monoisotopic (exact) mass is 287 g/mol. The molecule has 106 valence electrons. The summed E-state index contributed by atoms with van der Waals surface area (Å²) in [6.45, 7) is 0. The van der Waals surface area contributed by atoms with Gasteiger partial charge >= 0.3 is 6.18 Å². The number of hydrogen-bond acceptors (Lipinski definition) is 4. The van der Waals surface area contributed by atoms with E-state index in [2.05, 4.69) is 15.5 Å². The van der Waals surface area contributed by atoms with Gasteiger partial charge in [0.15, 0.2) is 11.4 Å². The molecule has 0 saturated heterocycles. The Morgan fingerprint density at radius 2 is 1.90 bits per heavy atom. The first-order valence-electron chi connectivity index (χ1n) is 5.75. The van der Waals surface area contributed by atoms with Crippen LogP contribution in [0.3, 0.4) is 0 Å². The van der Waals surface area contributed by atoms with Crippen molar-refractivity contribution >= 4 is 5.69 Å². The van der Waals surface area contributed by atoms with Crippen molar-refractivity contribution in [2.24, 2.45) is 0 Å². The number of alkyl halides is 3. The van der Waals surface area contributed by atoms with Crippen molar-refractivity contribution in [3.63, 3.8) is 0 Å². The Bertz CT molecular complexity index is 639. The molecular formula is C11H9F4N5. The third kappa shape index (κ3) is 1.81. The largest absolute Gasteiger partial charge is 0.413 e. The van der Waals surface area contributed by atoms with Crippen LogP contribution in [0.15, 0.2) is 18.2 Å². The second-order valence-electron chi connectivity index (χ2n) is 4.72. The second kappa shape index (κ2) is 3.90. The molecule has 0 bridgehead atoms. The summed E-state index contributed by atoms with van der Waals surface area (Å²) >= 11 is 0. The van der Waals surface area contributed by atoms with Crippen LogP contribution in [0.25, 0.3) is 11.4 Å². The third-order valence-corrected chi connectivity index (χ3v) is 3.30. The zero-order valence-electron chi connectivity index (χ0n) is 10.0. The molecular weight excluding hydrogens is 278 g/mol. The maximum Gasteiger partial charge on any atom is 0.413 e. The molecule has 5 nitrogen and oxygen atoms in total. The zero-order valence-corrected chi connectivity index (χ0v) is 10.0.